The molecule has 1 atom stereocenters. The normalized spacial score (nSPS) is 17.2. The number of halogens is 3. The summed E-state index contributed by atoms with van der Waals surface area (Å²) in [5.74, 6) is -1.61. The molecule has 5 heteroatoms. The van der Waals surface area contributed by atoms with Gasteiger partial charge in [0.1, 0.15) is 5.82 Å². The Morgan fingerprint density at radius 2 is 1.88 bits per heavy atom. The quantitative estimate of drug-likeness (QED) is 0.895. The first-order valence-corrected chi connectivity index (χ1v) is 6.46. The Bertz CT molecular complexity index is 421. The summed E-state index contributed by atoms with van der Waals surface area (Å²) >= 11 is 6.46. The van der Waals surface area contributed by atoms with Crippen molar-refractivity contribution in [2.75, 3.05) is 0 Å². The fraction of sp³-hybridized carbons (Fsp3) is 0.364. The van der Waals surface area contributed by atoms with Crippen molar-refractivity contribution in [3.8, 4) is 0 Å². The highest BCUT2D eigenvalue weighted by Gasteiger charge is 2.39. The van der Waals surface area contributed by atoms with Gasteiger partial charge in [-0.15, -0.1) is 0 Å². The zero-order valence-electron chi connectivity index (χ0n) is 8.21. The van der Waals surface area contributed by atoms with Crippen LogP contribution >= 0.6 is 31.9 Å². The van der Waals surface area contributed by atoms with Crippen LogP contribution in [-0.4, -0.2) is 11.1 Å². The van der Waals surface area contributed by atoms with Crippen molar-refractivity contribution >= 4 is 37.8 Å². The molecular formula is C11H9Br2FO2. The minimum atomic E-state index is -0.851. The molecule has 1 unspecified atom stereocenters. The van der Waals surface area contributed by atoms with E-state index >= 15 is 0 Å². The van der Waals surface area contributed by atoms with Crippen molar-refractivity contribution in [3.63, 3.8) is 0 Å². The third-order valence-corrected chi connectivity index (χ3v) is 4.03. The molecule has 0 heterocycles. The lowest BCUT2D eigenvalue weighted by Crippen LogP contribution is -2.15. The highest BCUT2D eigenvalue weighted by Crippen LogP contribution is 2.47. The zero-order valence-corrected chi connectivity index (χ0v) is 11.4. The van der Waals surface area contributed by atoms with Gasteiger partial charge in [0, 0.05) is 8.95 Å². The van der Waals surface area contributed by atoms with E-state index in [0.717, 1.165) is 12.8 Å². The Kier molecular flexibility index (Phi) is 3.35. The van der Waals surface area contributed by atoms with Gasteiger partial charge in [-0.3, -0.25) is 4.79 Å². The number of hydrogen-bond donors (Lipinski definition) is 1. The molecule has 0 aliphatic heterocycles. The predicted molar refractivity (Wildman–Crippen MR) is 64.9 cm³/mol. The molecule has 1 aromatic rings. The summed E-state index contributed by atoms with van der Waals surface area (Å²) in [6.45, 7) is 0. The smallest absolute Gasteiger partial charge is 0.311 e. The lowest BCUT2D eigenvalue weighted by molar-refractivity contribution is -0.139. The largest absolute Gasteiger partial charge is 0.481 e. The van der Waals surface area contributed by atoms with E-state index in [4.69, 9.17) is 0 Å². The van der Waals surface area contributed by atoms with Crippen molar-refractivity contribution < 1.29 is 14.3 Å². The van der Waals surface area contributed by atoms with E-state index in [1.54, 1.807) is 0 Å². The average molecular weight is 352 g/mol. The SMILES string of the molecule is O=C(O)C(c1c(Br)cc(F)cc1Br)C1CC1. The molecule has 2 nitrogen and oxygen atoms in total. The molecule has 0 bridgehead atoms. The molecular weight excluding hydrogens is 343 g/mol. The van der Waals surface area contributed by atoms with Crippen LogP contribution in [0.2, 0.25) is 0 Å². The van der Waals surface area contributed by atoms with Crippen LogP contribution < -0.4 is 0 Å². The molecule has 86 valence electrons. The number of rotatable bonds is 3. The summed E-state index contributed by atoms with van der Waals surface area (Å²) in [5, 5.41) is 9.22. The van der Waals surface area contributed by atoms with Crippen LogP contribution in [0, 0.1) is 11.7 Å². The van der Waals surface area contributed by atoms with E-state index in [2.05, 4.69) is 31.9 Å². The second-order valence-corrected chi connectivity index (χ2v) is 5.65. The average Bonchev–Trinajstić information content (AvgIpc) is 2.93. The molecule has 2 rings (SSSR count). The Morgan fingerprint density at radius 3 is 2.25 bits per heavy atom. The molecule has 1 N–H and O–H groups in total. The summed E-state index contributed by atoms with van der Waals surface area (Å²) < 4.78 is 14.1. The van der Waals surface area contributed by atoms with Crippen LogP contribution in [0.5, 0.6) is 0 Å². The Hall–Kier alpha value is -0.420. The molecule has 0 spiro atoms. The summed E-state index contributed by atoms with van der Waals surface area (Å²) in [7, 11) is 0. The fourth-order valence-electron chi connectivity index (χ4n) is 1.84. The maximum atomic E-state index is 13.1. The second-order valence-electron chi connectivity index (χ2n) is 3.94. The van der Waals surface area contributed by atoms with Crippen LogP contribution in [0.25, 0.3) is 0 Å². The number of carbonyl (C=O) groups is 1. The first kappa shape index (κ1) is 12.0. The number of aliphatic carboxylic acids is 1. The lowest BCUT2D eigenvalue weighted by Gasteiger charge is -2.15. The van der Waals surface area contributed by atoms with Gasteiger partial charge >= 0.3 is 5.97 Å². The minimum Gasteiger partial charge on any atom is -0.481 e. The van der Waals surface area contributed by atoms with Crippen molar-refractivity contribution in [3.05, 3.63) is 32.5 Å². The van der Waals surface area contributed by atoms with Crippen molar-refractivity contribution in [1.29, 1.82) is 0 Å². The Morgan fingerprint density at radius 1 is 1.38 bits per heavy atom. The van der Waals surface area contributed by atoms with E-state index in [-0.39, 0.29) is 11.7 Å². The molecule has 1 fully saturated rings. The van der Waals surface area contributed by atoms with Gasteiger partial charge in [-0.2, -0.15) is 0 Å². The topological polar surface area (TPSA) is 37.3 Å². The Balaban J connectivity index is 2.48. The van der Waals surface area contributed by atoms with E-state index in [1.807, 2.05) is 0 Å². The van der Waals surface area contributed by atoms with E-state index in [9.17, 15) is 14.3 Å². The van der Waals surface area contributed by atoms with E-state index < -0.39 is 11.9 Å². The summed E-state index contributed by atoms with van der Waals surface area (Å²) in [5.41, 5.74) is 0.636. The molecule has 16 heavy (non-hydrogen) atoms. The molecule has 1 saturated carbocycles. The summed E-state index contributed by atoms with van der Waals surface area (Å²) in [4.78, 5) is 11.2. The van der Waals surface area contributed by atoms with E-state index in [1.165, 1.54) is 12.1 Å². The molecule has 0 radical (unpaired) electrons. The van der Waals surface area contributed by atoms with Crippen LogP contribution in [0.3, 0.4) is 0 Å². The third-order valence-electron chi connectivity index (χ3n) is 2.71. The van der Waals surface area contributed by atoms with Crippen LogP contribution in [-0.2, 0) is 4.79 Å². The van der Waals surface area contributed by atoms with Gasteiger partial charge in [-0.1, -0.05) is 31.9 Å². The van der Waals surface area contributed by atoms with E-state index in [0.29, 0.717) is 14.5 Å². The van der Waals surface area contributed by atoms with Crippen molar-refractivity contribution in [2.45, 2.75) is 18.8 Å². The number of benzene rings is 1. The van der Waals surface area contributed by atoms with Gasteiger partial charge in [0.15, 0.2) is 0 Å². The molecule has 0 amide bonds. The van der Waals surface area contributed by atoms with Gasteiger partial charge < -0.3 is 5.11 Å². The van der Waals surface area contributed by atoms with Crippen LogP contribution in [0.15, 0.2) is 21.1 Å². The van der Waals surface area contributed by atoms with Crippen LogP contribution in [0.1, 0.15) is 24.3 Å². The number of carboxylic acids is 1. The number of hydrogen-bond acceptors (Lipinski definition) is 1. The van der Waals surface area contributed by atoms with Gasteiger partial charge in [0.05, 0.1) is 5.92 Å². The Labute approximate surface area is 109 Å². The maximum absolute atomic E-state index is 13.1. The standard InChI is InChI=1S/C11H9Br2FO2/c12-7-3-6(14)4-8(13)10(7)9(11(15)16)5-1-2-5/h3-5,9H,1-2H2,(H,15,16). The van der Waals surface area contributed by atoms with Crippen molar-refractivity contribution in [2.24, 2.45) is 5.92 Å². The molecule has 1 aliphatic carbocycles. The second kappa shape index (κ2) is 4.45. The third kappa shape index (κ3) is 2.30. The monoisotopic (exact) mass is 350 g/mol. The lowest BCUT2D eigenvalue weighted by atomic mass is 9.94. The van der Waals surface area contributed by atoms with Gasteiger partial charge in [-0.25, -0.2) is 4.39 Å². The highest BCUT2D eigenvalue weighted by molar-refractivity contribution is 9.11. The first-order valence-electron chi connectivity index (χ1n) is 4.88. The fourth-order valence-corrected chi connectivity index (χ4v) is 3.46. The van der Waals surface area contributed by atoms with Gasteiger partial charge in [0.25, 0.3) is 0 Å². The highest BCUT2D eigenvalue weighted by atomic mass is 79.9. The van der Waals surface area contributed by atoms with Crippen molar-refractivity contribution in [1.82, 2.24) is 0 Å². The number of carboxylic acid groups (broad SMARTS) is 1. The minimum absolute atomic E-state index is 0.176. The van der Waals surface area contributed by atoms with Crippen LogP contribution in [0.4, 0.5) is 4.39 Å². The maximum Gasteiger partial charge on any atom is 0.311 e. The zero-order chi connectivity index (χ0) is 11.9. The summed E-state index contributed by atoms with van der Waals surface area (Å²) in [6, 6.07) is 2.61. The van der Waals surface area contributed by atoms with Gasteiger partial charge in [0.2, 0.25) is 0 Å². The summed E-state index contributed by atoms with van der Waals surface area (Å²) in [6.07, 6.45) is 1.85. The van der Waals surface area contributed by atoms with Gasteiger partial charge in [-0.05, 0) is 36.5 Å². The molecule has 1 aliphatic rings. The molecule has 0 aromatic heterocycles. The predicted octanol–water partition coefficient (Wildman–Crippen LogP) is 3.93. The molecule has 0 saturated heterocycles. The first-order chi connectivity index (χ1) is 7.50. The molecule has 1 aromatic carbocycles.